The summed E-state index contributed by atoms with van der Waals surface area (Å²) < 4.78 is 3.74. The zero-order chi connectivity index (χ0) is 20.7. The number of rotatable bonds is 4. The van der Waals surface area contributed by atoms with Crippen LogP contribution in [0.3, 0.4) is 0 Å². The van der Waals surface area contributed by atoms with Crippen LogP contribution in [0.15, 0.2) is 49.1 Å². The molecule has 5 N–H and O–H groups in total. The largest absolute Gasteiger partial charge is 0.382 e. The van der Waals surface area contributed by atoms with Crippen molar-refractivity contribution in [2.45, 2.75) is 37.6 Å². The minimum atomic E-state index is 0.278. The van der Waals surface area contributed by atoms with Crippen molar-refractivity contribution in [3.63, 3.8) is 0 Å². The summed E-state index contributed by atoms with van der Waals surface area (Å²) >= 11 is 0. The third-order valence-electron chi connectivity index (χ3n) is 6.02. The molecule has 0 bridgehead atoms. The van der Waals surface area contributed by atoms with Gasteiger partial charge < -0.3 is 21.4 Å². The molecule has 1 aliphatic carbocycles. The van der Waals surface area contributed by atoms with Crippen molar-refractivity contribution in [1.82, 2.24) is 24.1 Å². The quantitative estimate of drug-likeness (QED) is 0.482. The molecule has 1 aromatic carbocycles. The standard InChI is InChI=1S/C22H26N8/c1-29-12-10-25-21(29)15-4-8-17(9-5-15)27-19-18(14-2-6-16(23)7-3-14)20(24)28-30-13-11-26-22(19)30/h4-5,8-14,16,27H,2-3,6-7,23H2,1H3,(H2,24,28). The van der Waals surface area contributed by atoms with Crippen LogP contribution in [0.2, 0.25) is 0 Å². The van der Waals surface area contributed by atoms with Crippen molar-refractivity contribution in [2.24, 2.45) is 12.8 Å². The van der Waals surface area contributed by atoms with Gasteiger partial charge in [0.25, 0.3) is 0 Å². The maximum absolute atomic E-state index is 6.43. The number of nitrogens with one attached hydrogen (secondary N) is 1. The number of nitrogen functional groups attached to an aromatic ring is 1. The molecule has 1 fully saturated rings. The van der Waals surface area contributed by atoms with Gasteiger partial charge in [0.2, 0.25) is 0 Å². The number of nitrogens with zero attached hydrogens (tertiary/aromatic N) is 5. The van der Waals surface area contributed by atoms with Gasteiger partial charge in [0.05, 0.1) is 5.69 Å². The highest BCUT2D eigenvalue weighted by atomic mass is 15.3. The average molecular weight is 403 g/mol. The average Bonchev–Trinajstić information content (AvgIpc) is 3.38. The predicted molar refractivity (Wildman–Crippen MR) is 119 cm³/mol. The molecule has 0 saturated heterocycles. The monoisotopic (exact) mass is 402 g/mol. The normalized spacial score (nSPS) is 19.3. The second-order valence-electron chi connectivity index (χ2n) is 8.05. The van der Waals surface area contributed by atoms with Crippen LogP contribution in [0.5, 0.6) is 0 Å². The molecule has 1 saturated carbocycles. The lowest BCUT2D eigenvalue weighted by molar-refractivity contribution is 0.396. The Hall–Kier alpha value is -3.39. The van der Waals surface area contributed by atoms with Gasteiger partial charge in [-0.2, -0.15) is 0 Å². The smallest absolute Gasteiger partial charge is 0.177 e. The van der Waals surface area contributed by atoms with Crippen LogP contribution in [0, 0.1) is 0 Å². The fourth-order valence-corrected chi connectivity index (χ4v) is 4.41. The lowest BCUT2D eigenvalue weighted by Crippen LogP contribution is -2.26. The van der Waals surface area contributed by atoms with E-state index in [4.69, 9.17) is 11.5 Å². The molecule has 0 atom stereocenters. The van der Waals surface area contributed by atoms with Crippen molar-refractivity contribution in [3.05, 3.63) is 54.6 Å². The van der Waals surface area contributed by atoms with Gasteiger partial charge in [0.1, 0.15) is 11.6 Å². The Kier molecular flexibility index (Phi) is 4.63. The van der Waals surface area contributed by atoms with Crippen LogP contribution in [0.25, 0.3) is 17.0 Å². The van der Waals surface area contributed by atoms with E-state index in [0.29, 0.717) is 11.7 Å². The number of imidazole rings is 2. The molecule has 1 aliphatic rings. The SMILES string of the molecule is Cn1ccnc1-c1ccc(Nc2c(C3CCC(N)CC3)c(N)nn3ccnc23)cc1. The first kappa shape index (κ1) is 18.6. The molecule has 154 valence electrons. The number of anilines is 3. The van der Waals surface area contributed by atoms with Gasteiger partial charge in [-0.15, -0.1) is 5.10 Å². The predicted octanol–water partition coefficient (Wildman–Crippen LogP) is 3.44. The maximum atomic E-state index is 6.43. The Bertz CT molecular complexity index is 1170. The number of hydrogen-bond acceptors (Lipinski definition) is 6. The summed E-state index contributed by atoms with van der Waals surface area (Å²) in [5, 5.41) is 8.12. The molecule has 0 amide bonds. The molecule has 4 aromatic rings. The van der Waals surface area contributed by atoms with E-state index in [1.54, 1.807) is 16.9 Å². The Labute approximate surface area is 174 Å². The number of aromatic nitrogens is 5. The van der Waals surface area contributed by atoms with E-state index >= 15 is 0 Å². The lowest BCUT2D eigenvalue weighted by Gasteiger charge is -2.28. The van der Waals surface area contributed by atoms with Crippen LogP contribution >= 0.6 is 0 Å². The summed E-state index contributed by atoms with van der Waals surface area (Å²) in [5.41, 5.74) is 17.3. The summed E-state index contributed by atoms with van der Waals surface area (Å²) in [6.45, 7) is 0. The Balaban J connectivity index is 1.52. The van der Waals surface area contributed by atoms with Crippen molar-refractivity contribution >= 4 is 22.8 Å². The second-order valence-corrected chi connectivity index (χ2v) is 8.05. The number of hydrogen-bond donors (Lipinski definition) is 3. The fraction of sp³-hybridized carbons (Fsp3) is 0.318. The van der Waals surface area contributed by atoms with Crippen molar-refractivity contribution in [2.75, 3.05) is 11.1 Å². The van der Waals surface area contributed by atoms with E-state index in [9.17, 15) is 0 Å². The van der Waals surface area contributed by atoms with Crippen LogP contribution < -0.4 is 16.8 Å². The van der Waals surface area contributed by atoms with Crippen molar-refractivity contribution < 1.29 is 0 Å². The van der Waals surface area contributed by atoms with Gasteiger partial charge in [-0.1, -0.05) is 0 Å². The van der Waals surface area contributed by atoms with E-state index in [2.05, 4.69) is 44.6 Å². The zero-order valence-corrected chi connectivity index (χ0v) is 17.0. The first-order chi connectivity index (χ1) is 14.6. The summed E-state index contributed by atoms with van der Waals surface area (Å²) in [6.07, 6.45) is 11.3. The van der Waals surface area contributed by atoms with Crippen LogP contribution in [-0.2, 0) is 7.05 Å². The highest BCUT2D eigenvalue weighted by molar-refractivity contribution is 5.81. The molecule has 0 radical (unpaired) electrons. The lowest BCUT2D eigenvalue weighted by atomic mass is 9.81. The summed E-state index contributed by atoms with van der Waals surface area (Å²) in [5.74, 6) is 1.81. The maximum Gasteiger partial charge on any atom is 0.177 e. The summed E-state index contributed by atoms with van der Waals surface area (Å²) in [4.78, 5) is 8.96. The van der Waals surface area contributed by atoms with E-state index in [1.165, 1.54) is 0 Å². The first-order valence-electron chi connectivity index (χ1n) is 10.3. The Morgan fingerprint density at radius 1 is 1.00 bits per heavy atom. The van der Waals surface area contributed by atoms with Crippen molar-refractivity contribution in [1.29, 1.82) is 0 Å². The summed E-state index contributed by atoms with van der Waals surface area (Å²) in [6, 6.07) is 8.52. The van der Waals surface area contributed by atoms with E-state index in [0.717, 1.165) is 59.7 Å². The van der Waals surface area contributed by atoms with Gasteiger partial charge in [0, 0.05) is 54.7 Å². The Morgan fingerprint density at radius 3 is 2.43 bits per heavy atom. The summed E-state index contributed by atoms with van der Waals surface area (Å²) in [7, 11) is 1.99. The molecule has 0 aliphatic heterocycles. The van der Waals surface area contributed by atoms with Crippen LogP contribution in [0.1, 0.15) is 37.2 Å². The molecule has 8 heteroatoms. The van der Waals surface area contributed by atoms with Crippen molar-refractivity contribution in [3.8, 4) is 11.4 Å². The topological polar surface area (TPSA) is 112 Å². The van der Waals surface area contributed by atoms with E-state index < -0.39 is 0 Å². The Morgan fingerprint density at radius 2 is 1.73 bits per heavy atom. The second kappa shape index (κ2) is 7.46. The first-order valence-corrected chi connectivity index (χ1v) is 10.3. The van der Waals surface area contributed by atoms with Gasteiger partial charge in [-0.25, -0.2) is 14.5 Å². The van der Waals surface area contributed by atoms with E-state index in [-0.39, 0.29) is 6.04 Å². The molecule has 0 unspecified atom stereocenters. The number of fused-ring (bicyclic) bond motifs is 1. The van der Waals surface area contributed by atoms with Crippen LogP contribution in [-0.4, -0.2) is 30.2 Å². The third-order valence-corrected chi connectivity index (χ3v) is 6.02. The molecular formula is C22H26N8. The van der Waals surface area contributed by atoms with Gasteiger partial charge in [-0.3, -0.25) is 0 Å². The fourth-order valence-electron chi connectivity index (χ4n) is 4.41. The minimum Gasteiger partial charge on any atom is -0.382 e. The molecule has 8 nitrogen and oxygen atoms in total. The third kappa shape index (κ3) is 3.29. The highest BCUT2D eigenvalue weighted by Crippen LogP contribution is 2.41. The van der Waals surface area contributed by atoms with Gasteiger partial charge in [-0.05, 0) is 55.9 Å². The minimum absolute atomic E-state index is 0.278. The molecule has 5 rings (SSSR count). The molecule has 30 heavy (non-hydrogen) atoms. The van der Waals surface area contributed by atoms with Crippen LogP contribution in [0.4, 0.5) is 17.2 Å². The molecular weight excluding hydrogens is 376 g/mol. The zero-order valence-electron chi connectivity index (χ0n) is 17.0. The highest BCUT2D eigenvalue weighted by Gasteiger charge is 2.27. The number of aryl methyl sites for hydroxylation is 1. The van der Waals surface area contributed by atoms with Gasteiger partial charge in [0.15, 0.2) is 5.65 Å². The van der Waals surface area contributed by atoms with E-state index in [1.807, 2.05) is 24.0 Å². The molecule has 3 aromatic heterocycles. The number of nitrogens with two attached hydrogens (primary N) is 2. The molecule has 3 heterocycles. The molecule has 0 spiro atoms. The number of benzene rings is 1. The van der Waals surface area contributed by atoms with Gasteiger partial charge >= 0.3 is 0 Å².